The van der Waals surface area contributed by atoms with E-state index in [9.17, 15) is 0 Å². The van der Waals surface area contributed by atoms with Gasteiger partial charge in [-0.1, -0.05) is 60.0 Å². The number of benzene rings is 2. The minimum Gasteiger partial charge on any atom is -0.386 e. The third-order valence-electron chi connectivity index (χ3n) is 3.64. The van der Waals surface area contributed by atoms with Crippen molar-refractivity contribution in [2.45, 2.75) is 26.4 Å². The number of rotatable bonds is 6. The predicted molar refractivity (Wildman–Crippen MR) is 97.7 cm³/mol. The molecule has 0 aliphatic heterocycles. The largest absolute Gasteiger partial charge is 0.386 e. The minimum atomic E-state index is 0.112. The maximum Gasteiger partial charge on any atom is 0.267 e. The standard InChI is InChI=1S/C19H18ClN3O2/c1-13(2)15-5-3-14(4-6-15)11-21-24-12-18-22-19(23-25-18)16-7-9-17(20)10-8-16/h3-11,13H,12H2,1-2H3/b21-11-. The molecule has 0 saturated carbocycles. The van der Waals surface area contributed by atoms with E-state index in [0.29, 0.717) is 22.7 Å². The molecule has 0 unspecified atom stereocenters. The van der Waals surface area contributed by atoms with Gasteiger partial charge in [0.15, 0.2) is 6.61 Å². The highest BCUT2D eigenvalue weighted by atomic mass is 35.5. The highest BCUT2D eigenvalue weighted by Gasteiger charge is 2.08. The van der Waals surface area contributed by atoms with Crippen LogP contribution in [-0.2, 0) is 11.4 Å². The van der Waals surface area contributed by atoms with Crippen LogP contribution >= 0.6 is 11.6 Å². The van der Waals surface area contributed by atoms with Gasteiger partial charge in [-0.3, -0.25) is 0 Å². The molecule has 0 N–H and O–H groups in total. The van der Waals surface area contributed by atoms with Crippen LogP contribution in [0.3, 0.4) is 0 Å². The molecular weight excluding hydrogens is 338 g/mol. The van der Waals surface area contributed by atoms with Gasteiger partial charge in [0.1, 0.15) is 0 Å². The first kappa shape index (κ1) is 17.2. The molecule has 0 spiro atoms. The zero-order chi connectivity index (χ0) is 17.6. The lowest BCUT2D eigenvalue weighted by Crippen LogP contribution is -1.90. The molecule has 6 heteroatoms. The second kappa shape index (κ2) is 7.94. The molecular formula is C19H18ClN3O2. The van der Waals surface area contributed by atoms with Gasteiger partial charge in [-0.15, -0.1) is 0 Å². The van der Waals surface area contributed by atoms with Gasteiger partial charge in [-0.25, -0.2) is 0 Å². The molecule has 1 aromatic heterocycles. The quantitative estimate of drug-likeness (QED) is 0.457. The Balaban J connectivity index is 1.54. The summed E-state index contributed by atoms with van der Waals surface area (Å²) in [6.45, 7) is 4.44. The van der Waals surface area contributed by atoms with Crippen molar-refractivity contribution in [3.05, 3.63) is 70.6 Å². The van der Waals surface area contributed by atoms with Crippen molar-refractivity contribution in [2.24, 2.45) is 5.16 Å². The summed E-state index contributed by atoms with van der Waals surface area (Å²) in [5, 5.41) is 8.51. The van der Waals surface area contributed by atoms with Gasteiger partial charge >= 0.3 is 0 Å². The molecule has 0 radical (unpaired) electrons. The number of hydrogen-bond donors (Lipinski definition) is 0. The van der Waals surface area contributed by atoms with Crippen molar-refractivity contribution in [3.63, 3.8) is 0 Å². The van der Waals surface area contributed by atoms with Crippen molar-refractivity contribution in [1.29, 1.82) is 0 Å². The Morgan fingerprint density at radius 2 is 1.84 bits per heavy atom. The Labute approximate surface area is 151 Å². The molecule has 0 saturated heterocycles. The molecule has 0 atom stereocenters. The van der Waals surface area contributed by atoms with Gasteiger partial charge in [0, 0.05) is 10.6 Å². The zero-order valence-corrected chi connectivity index (χ0v) is 14.8. The number of aromatic nitrogens is 2. The first-order chi connectivity index (χ1) is 12.1. The predicted octanol–water partition coefficient (Wildman–Crippen LogP) is 5.06. The maximum absolute atomic E-state index is 5.86. The fourth-order valence-corrected chi connectivity index (χ4v) is 2.31. The van der Waals surface area contributed by atoms with Gasteiger partial charge in [0.2, 0.25) is 5.82 Å². The van der Waals surface area contributed by atoms with Gasteiger partial charge in [0.25, 0.3) is 5.89 Å². The number of hydrogen-bond acceptors (Lipinski definition) is 5. The topological polar surface area (TPSA) is 60.5 Å². The second-order valence-corrected chi connectivity index (χ2v) is 6.28. The third kappa shape index (κ3) is 4.67. The van der Waals surface area contributed by atoms with E-state index >= 15 is 0 Å². The van der Waals surface area contributed by atoms with Crippen molar-refractivity contribution in [3.8, 4) is 11.4 Å². The average Bonchev–Trinajstić information content (AvgIpc) is 3.09. The lowest BCUT2D eigenvalue weighted by molar-refractivity contribution is 0.107. The van der Waals surface area contributed by atoms with Crippen LogP contribution in [0, 0.1) is 0 Å². The molecule has 0 fully saturated rings. The first-order valence-electron chi connectivity index (χ1n) is 7.95. The fourth-order valence-electron chi connectivity index (χ4n) is 2.19. The third-order valence-corrected chi connectivity index (χ3v) is 3.89. The Bertz CT molecular complexity index is 840. The summed E-state index contributed by atoms with van der Waals surface area (Å²) in [6.07, 6.45) is 1.65. The van der Waals surface area contributed by atoms with Gasteiger partial charge in [-0.2, -0.15) is 4.98 Å². The summed E-state index contributed by atoms with van der Waals surface area (Å²) < 4.78 is 5.15. The molecule has 1 heterocycles. The normalized spacial score (nSPS) is 11.4. The summed E-state index contributed by atoms with van der Waals surface area (Å²) in [4.78, 5) is 9.49. The maximum atomic E-state index is 5.86. The summed E-state index contributed by atoms with van der Waals surface area (Å²) in [6, 6.07) is 15.4. The smallest absolute Gasteiger partial charge is 0.267 e. The van der Waals surface area contributed by atoms with E-state index in [-0.39, 0.29) is 6.61 Å². The van der Waals surface area contributed by atoms with Crippen molar-refractivity contribution >= 4 is 17.8 Å². The number of nitrogens with zero attached hydrogens (tertiary/aromatic N) is 3. The van der Waals surface area contributed by atoms with Crippen LogP contribution < -0.4 is 0 Å². The number of halogens is 1. The summed E-state index contributed by atoms with van der Waals surface area (Å²) >= 11 is 5.86. The van der Waals surface area contributed by atoms with Crippen LogP contribution in [0.15, 0.2) is 58.2 Å². The van der Waals surface area contributed by atoms with Crippen LogP contribution in [0.4, 0.5) is 0 Å². The lowest BCUT2D eigenvalue weighted by Gasteiger charge is -2.04. The molecule has 0 amide bonds. The Kier molecular flexibility index (Phi) is 5.46. The molecule has 0 bridgehead atoms. The van der Waals surface area contributed by atoms with E-state index < -0.39 is 0 Å². The summed E-state index contributed by atoms with van der Waals surface area (Å²) in [5.74, 6) is 1.36. The van der Waals surface area contributed by atoms with Gasteiger partial charge in [0.05, 0.1) is 6.21 Å². The van der Waals surface area contributed by atoms with Crippen molar-refractivity contribution < 1.29 is 9.36 Å². The summed E-state index contributed by atoms with van der Waals surface area (Å²) in [7, 11) is 0. The van der Waals surface area contributed by atoms with Crippen molar-refractivity contribution in [2.75, 3.05) is 0 Å². The molecule has 3 rings (SSSR count). The van der Waals surface area contributed by atoms with Crippen LogP contribution in [0.5, 0.6) is 0 Å². The second-order valence-electron chi connectivity index (χ2n) is 5.85. The van der Waals surface area contributed by atoms with Crippen LogP contribution in [0.2, 0.25) is 5.02 Å². The molecule has 0 aliphatic carbocycles. The molecule has 3 aromatic rings. The van der Waals surface area contributed by atoms with E-state index in [1.165, 1.54) is 5.56 Å². The first-order valence-corrected chi connectivity index (χ1v) is 8.33. The van der Waals surface area contributed by atoms with E-state index in [2.05, 4.69) is 41.3 Å². The van der Waals surface area contributed by atoms with Crippen LogP contribution in [0.1, 0.15) is 36.8 Å². The molecule has 2 aromatic carbocycles. The van der Waals surface area contributed by atoms with E-state index in [1.807, 2.05) is 24.3 Å². The monoisotopic (exact) mass is 355 g/mol. The van der Waals surface area contributed by atoms with Gasteiger partial charge < -0.3 is 9.36 Å². The Morgan fingerprint density at radius 3 is 2.52 bits per heavy atom. The highest BCUT2D eigenvalue weighted by molar-refractivity contribution is 6.30. The SMILES string of the molecule is CC(C)c1ccc(/C=N\OCc2nc(-c3ccc(Cl)cc3)no2)cc1. The lowest BCUT2D eigenvalue weighted by atomic mass is 10.0. The van der Waals surface area contributed by atoms with Crippen LogP contribution in [-0.4, -0.2) is 16.4 Å². The van der Waals surface area contributed by atoms with E-state index in [1.54, 1.807) is 18.3 Å². The highest BCUT2D eigenvalue weighted by Crippen LogP contribution is 2.19. The molecule has 128 valence electrons. The van der Waals surface area contributed by atoms with Crippen molar-refractivity contribution in [1.82, 2.24) is 10.1 Å². The molecule has 0 aliphatic rings. The average molecular weight is 356 g/mol. The Hall–Kier alpha value is -2.66. The molecule has 5 nitrogen and oxygen atoms in total. The fraction of sp³-hybridized carbons (Fsp3) is 0.211. The number of oxime groups is 1. The van der Waals surface area contributed by atoms with Crippen LogP contribution in [0.25, 0.3) is 11.4 Å². The van der Waals surface area contributed by atoms with E-state index in [0.717, 1.165) is 11.1 Å². The zero-order valence-electron chi connectivity index (χ0n) is 14.0. The molecule has 25 heavy (non-hydrogen) atoms. The Morgan fingerprint density at radius 1 is 1.12 bits per heavy atom. The summed E-state index contributed by atoms with van der Waals surface area (Å²) in [5.41, 5.74) is 3.09. The van der Waals surface area contributed by atoms with E-state index in [4.69, 9.17) is 21.0 Å². The minimum absolute atomic E-state index is 0.112. The van der Waals surface area contributed by atoms with Gasteiger partial charge in [-0.05, 0) is 41.3 Å².